The Balaban J connectivity index is 2.03. The summed E-state index contributed by atoms with van der Waals surface area (Å²) in [7, 11) is -2.40. The molecular formula is C23H31N3O3S. The second-order valence-corrected chi connectivity index (χ2v) is 10.6. The summed E-state index contributed by atoms with van der Waals surface area (Å²) >= 11 is 0. The van der Waals surface area contributed by atoms with Crippen LogP contribution in [0.2, 0.25) is 0 Å². The van der Waals surface area contributed by atoms with Gasteiger partial charge in [0.2, 0.25) is 10.0 Å². The van der Waals surface area contributed by atoms with Gasteiger partial charge in [-0.2, -0.15) is 9.41 Å². The minimum absolute atomic E-state index is 0.0636. The number of sulfonamides is 1. The molecule has 162 valence electrons. The van der Waals surface area contributed by atoms with E-state index in [4.69, 9.17) is 0 Å². The minimum atomic E-state index is -3.79. The Hall–Kier alpha value is -2.51. The smallest absolute Gasteiger partial charge is 0.255 e. The highest BCUT2D eigenvalue weighted by Gasteiger charge is 2.26. The van der Waals surface area contributed by atoms with E-state index >= 15 is 0 Å². The number of hydrogen-bond acceptors (Lipinski definition) is 4. The van der Waals surface area contributed by atoms with Crippen molar-refractivity contribution in [3.63, 3.8) is 0 Å². The van der Waals surface area contributed by atoms with E-state index < -0.39 is 15.9 Å². The molecule has 0 spiro atoms. The average Bonchev–Trinajstić information content (AvgIpc) is 2.60. The van der Waals surface area contributed by atoms with Crippen molar-refractivity contribution in [1.82, 2.24) is 9.73 Å². The highest BCUT2D eigenvalue weighted by molar-refractivity contribution is 7.89. The first-order chi connectivity index (χ1) is 13.8. The van der Waals surface area contributed by atoms with Crippen molar-refractivity contribution in [1.29, 1.82) is 0 Å². The van der Waals surface area contributed by atoms with Crippen LogP contribution in [0.4, 0.5) is 0 Å². The SMILES string of the molecule is Cc1cc(C)c(S(=O)(=O)N(C)CC(=O)N/N=C\c2ccc(C(C)(C)C)cc2)c(C)c1. The molecule has 1 N–H and O–H groups in total. The predicted octanol–water partition coefficient (Wildman–Crippen LogP) is 3.68. The fourth-order valence-corrected chi connectivity index (χ4v) is 4.83. The van der Waals surface area contributed by atoms with Gasteiger partial charge in [-0.05, 0) is 48.4 Å². The van der Waals surface area contributed by atoms with Crippen LogP contribution in [0.5, 0.6) is 0 Å². The highest BCUT2D eigenvalue weighted by atomic mass is 32.2. The zero-order chi connectivity index (χ0) is 22.7. The lowest BCUT2D eigenvalue weighted by molar-refractivity contribution is -0.121. The third kappa shape index (κ3) is 5.77. The first kappa shape index (κ1) is 23.8. The summed E-state index contributed by atoms with van der Waals surface area (Å²) in [4.78, 5) is 12.4. The molecule has 0 saturated heterocycles. The van der Waals surface area contributed by atoms with Gasteiger partial charge in [0.25, 0.3) is 5.91 Å². The Kier molecular flexibility index (Phi) is 7.21. The van der Waals surface area contributed by atoms with Crippen LogP contribution in [-0.4, -0.2) is 38.4 Å². The standard InChI is InChI=1S/C23H31N3O3S/c1-16-12-17(2)22(18(3)13-16)30(28,29)26(7)15-21(27)25-24-14-19-8-10-20(11-9-19)23(4,5)6/h8-14H,15H2,1-7H3,(H,25,27)/b24-14-. The van der Waals surface area contributed by atoms with Crippen LogP contribution in [0.1, 0.15) is 48.6 Å². The summed E-state index contributed by atoms with van der Waals surface area (Å²) in [5.41, 5.74) is 6.83. The molecular weight excluding hydrogens is 398 g/mol. The van der Waals surface area contributed by atoms with E-state index in [1.807, 2.05) is 43.3 Å². The molecule has 2 rings (SSSR count). The fourth-order valence-electron chi connectivity index (χ4n) is 3.30. The van der Waals surface area contributed by atoms with Gasteiger partial charge < -0.3 is 0 Å². The molecule has 30 heavy (non-hydrogen) atoms. The van der Waals surface area contributed by atoms with Crippen molar-refractivity contribution in [3.8, 4) is 0 Å². The molecule has 2 aromatic carbocycles. The number of nitrogens with zero attached hydrogens (tertiary/aromatic N) is 2. The van der Waals surface area contributed by atoms with Gasteiger partial charge in [0.15, 0.2) is 0 Å². The Labute approximate surface area is 180 Å². The van der Waals surface area contributed by atoms with Gasteiger partial charge in [0.05, 0.1) is 17.7 Å². The van der Waals surface area contributed by atoms with Gasteiger partial charge in [-0.1, -0.05) is 62.7 Å². The number of rotatable bonds is 6. The molecule has 2 aromatic rings. The average molecular weight is 430 g/mol. The van der Waals surface area contributed by atoms with Crippen LogP contribution in [0.15, 0.2) is 46.4 Å². The second-order valence-electron chi connectivity index (χ2n) is 8.65. The second kappa shape index (κ2) is 9.10. The Morgan fingerprint density at radius 3 is 2.10 bits per heavy atom. The van der Waals surface area contributed by atoms with Crippen LogP contribution < -0.4 is 5.43 Å². The lowest BCUT2D eigenvalue weighted by atomic mass is 9.87. The third-order valence-corrected chi connectivity index (χ3v) is 6.93. The molecule has 0 aliphatic carbocycles. The van der Waals surface area contributed by atoms with Crippen LogP contribution in [0.25, 0.3) is 0 Å². The number of amides is 1. The van der Waals surface area contributed by atoms with E-state index in [0.29, 0.717) is 11.1 Å². The molecule has 0 fully saturated rings. The Morgan fingerprint density at radius 1 is 1.07 bits per heavy atom. The molecule has 6 nitrogen and oxygen atoms in total. The first-order valence-electron chi connectivity index (χ1n) is 9.79. The van der Waals surface area contributed by atoms with Crippen molar-refractivity contribution in [3.05, 3.63) is 64.2 Å². The van der Waals surface area contributed by atoms with E-state index in [0.717, 1.165) is 15.4 Å². The number of likely N-dealkylation sites (N-methyl/N-ethyl adjacent to an activating group) is 1. The Bertz CT molecular complexity index is 1030. The van der Waals surface area contributed by atoms with Crippen LogP contribution >= 0.6 is 0 Å². The molecule has 0 heterocycles. The van der Waals surface area contributed by atoms with Crippen molar-refractivity contribution in [2.45, 2.75) is 51.9 Å². The van der Waals surface area contributed by atoms with Gasteiger partial charge >= 0.3 is 0 Å². The molecule has 0 aliphatic rings. The monoisotopic (exact) mass is 429 g/mol. The van der Waals surface area contributed by atoms with Gasteiger partial charge in [-0.25, -0.2) is 13.8 Å². The zero-order valence-electron chi connectivity index (χ0n) is 18.8. The molecule has 0 bridgehead atoms. The van der Waals surface area contributed by atoms with Gasteiger partial charge in [-0.3, -0.25) is 4.79 Å². The number of benzene rings is 2. The predicted molar refractivity (Wildman–Crippen MR) is 121 cm³/mol. The summed E-state index contributed by atoms with van der Waals surface area (Å²) < 4.78 is 26.9. The van der Waals surface area contributed by atoms with Crippen molar-refractivity contribution in [2.75, 3.05) is 13.6 Å². The Morgan fingerprint density at radius 2 is 1.60 bits per heavy atom. The van der Waals surface area contributed by atoms with E-state index in [9.17, 15) is 13.2 Å². The summed E-state index contributed by atoms with van der Waals surface area (Å²) in [6.07, 6.45) is 1.53. The fraction of sp³-hybridized carbons (Fsp3) is 0.391. The number of carbonyl (C=O) groups is 1. The van der Waals surface area contributed by atoms with Crippen molar-refractivity contribution < 1.29 is 13.2 Å². The summed E-state index contributed by atoms with van der Waals surface area (Å²) in [5.74, 6) is -0.508. The maximum Gasteiger partial charge on any atom is 0.255 e. The molecule has 0 aromatic heterocycles. The van der Waals surface area contributed by atoms with E-state index in [2.05, 4.69) is 31.3 Å². The van der Waals surface area contributed by atoms with Gasteiger partial charge in [0.1, 0.15) is 0 Å². The summed E-state index contributed by atoms with van der Waals surface area (Å²) in [5, 5.41) is 3.94. The van der Waals surface area contributed by atoms with Gasteiger partial charge in [-0.15, -0.1) is 0 Å². The molecule has 1 amide bonds. The molecule has 0 saturated carbocycles. The minimum Gasteiger partial charge on any atom is -0.272 e. The van der Waals surface area contributed by atoms with Crippen LogP contribution in [-0.2, 0) is 20.2 Å². The number of carbonyl (C=O) groups excluding carboxylic acids is 1. The molecule has 0 atom stereocenters. The molecule has 0 radical (unpaired) electrons. The lowest BCUT2D eigenvalue weighted by Gasteiger charge is -2.19. The summed E-state index contributed by atoms with van der Waals surface area (Å²) in [6, 6.07) is 11.5. The number of aryl methyl sites for hydroxylation is 3. The normalized spacial score (nSPS) is 12.5. The largest absolute Gasteiger partial charge is 0.272 e. The number of nitrogens with one attached hydrogen (secondary N) is 1. The van der Waals surface area contributed by atoms with Crippen molar-refractivity contribution in [2.24, 2.45) is 5.10 Å². The maximum absolute atomic E-state index is 12.9. The van der Waals surface area contributed by atoms with Gasteiger partial charge in [0, 0.05) is 7.05 Å². The van der Waals surface area contributed by atoms with E-state index in [1.54, 1.807) is 13.8 Å². The van der Waals surface area contributed by atoms with E-state index in [-0.39, 0.29) is 16.9 Å². The maximum atomic E-state index is 12.9. The molecule has 7 heteroatoms. The van der Waals surface area contributed by atoms with Crippen molar-refractivity contribution >= 4 is 22.1 Å². The van der Waals surface area contributed by atoms with Crippen LogP contribution in [0, 0.1) is 20.8 Å². The quantitative estimate of drug-likeness (QED) is 0.562. The summed E-state index contributed by atoms with van der Waals surface area (Å²) in [6.45, 7) is 11.5. The lowest BCUT2D eigenvalue weighted by Crippen LogP contribution is -2.37. The van der Waals surface area contributed by atoms with Crippen LogP contribution in [0.3, 0.4) is 0 Å². The first-order valence-corrected chi connectivity index (χ1v) is 11.2. The third-order valence-electron chi connectivity index (χ3n) is 4.82. The topological polar surface area (TPSA) is 78.8 Å². The highest BCUT2D eigenvalue weighted by Crippen LogP contribution is 2.24. The molecule has 0 unspecified atom stereocenters. The molecule has 0 aliphatic heterocycles. The number of hydrogen-bond donors (Lipinski definition) is 1. The number of hydrazone groups is 1. The van der Waals surface area contributed by atoms with E-state index in [1.165, 1.54) is 18.8 Å². The zero-order valence-corrected chi connectivity index (χ0v) is 19.6.